The lowest BCUT2D eigenvalue weighted by atomic mass is 9.96. The van der Waals surface area contributed by atoms with E-state index in [2.05, 4.69) is 15.6 Å². The highest BCUT2D eigenvalue weighted by Crippen LogP contribution is 2.20. The number of nitrogens with zero attached hydrogens (tertiary/aromatic N) is 1. The van der Waals surface area contributed by atoms with Crippen molar-refractivity contribution in [2.45, 2.75) is 25.9 Å². The maximum Gasteiger partial charge on any atom is 0.191 e. The molecule has 27 heavy (non-hydrogen) atoms. The fourth-order valence-electron chi connectivity index (χ4n) is 2.52. The third-order valence-electron chi connectivity index (χ3n) is 4.00. The van der Waals surface area contributed by atoms with E-state index in [0.717, 1.165) is 11.6 Å². The van der Waals surface area contributed by atoms with Gasteiger partial charge in [-0.3, -0.25) is 0 Å². The summed E-state index contributed by atoms with van der Waals surface area (Å²) in [5, 5.41) is 16.8. The van der Waals surface area contributed by atoms with Crippen LogP contribution in [0.3, 0.4) is 0 Å². The van der Waals surface area contributed by atoms with Gasteiger partial charge < -0.3 is 15.7 Å². The Bertz CT molecular complexity index is 739. The van der Waals surface area contributed by atoms with Gasteiger partial charge in [-0.05, 0) is 37.5 Å². The van der Waals surface area contributed by atoms with Crippen LogP contribution in [-0.4, -0.2) is 30.7 Å². The van der Waals surface area contributed by atoms with E-state index >= 15 is 0 Å². The summed E-state index contributed by atoms with van der Waals surface area (Å²) in [5.74, 6) is -1.15. The average molecular weight is 489 g/mol. The first-order valence-electron chi connectivity index (χ1n) is 8.67. The van der Waals surface area contributed by atoms with Gasteiger partial charge in [-0.1, -0.05) is 42.5 Å². The van der Waals surface area contributed by atoms with Crippen LogP contribution in [0.4, 0.5) is 8.78 Å². The Morgan fingerprint density at radius 2 is 1.78 bits per heavy atom. The molecule has 2 aromatic carbocycles. The van der Waals surface area contributed by atoms with Crippen LogP contribution in [0.2, 0.25) is 0 Å². The van der Waals surface area contributed by atoms with Crippen LogP contribution < -0.4 is 10.6 Å². The van der Waals surface area contributed by atoms with Crippen molar-refractivity contribution in [1.29, 1.82) is 0 Å². The van der Waals surface area contributed by atoms with E-state index in [1.165, 1.54) is 6.07 Å². The number of halogens is 3. The minimum absolute atomic E-state index is 0. The van der Waals surface area contributed by atoms with Crippen LogP contribution in [-0.2, 0) is 12.0 Å². The van der Waals surface area contributed by atoms with Gasteiger partial charge in [-0.2, -0.15) is 0 Å². The van der Waals surface area contributed by atoms with Gasteiger partial charge in [-0.15, -0.1) is 24.0 Å². The molecule has 0 aliphatic heterocycles. The van der Waals surface area contributed by atoms with Crippen molar-refractivity contribution < 1.29 is 13.9 Å². The van der Waals surface area contributed by atoms with Crippen molar-refractivity contribution in [1.82, 2.24) is 10.6 Å². The van der Waals surface area contributed by atoms with Gasteiger partial charge in [0.15, 0.2) is 17.6 Å². The Hall–Kier alpha value is -1.74. The number of benzene rings is 2. The molecule has 0 spiro atoms. The van der Waals surface area contributed by atoms with E-state index in [1.807, 2.05) is 37.3 Å². The Labute approximate surface area is 176 Å². The maximum absolute atomic E-state index is 13.7. The molecule has 0 heterocycles. The molecule has 7 heteroatoms. The number of aliphatic imine (C=N–C) groups is 1. The number of aliphatic hydroxyl groups is 1. The topological polar surface area (TPSA) is 56.7 Å². The number of rotatable bonds is 7. The zero-order valence-electron chi connectivity index (χ0n) is 15.5. The molecule has 0 saturated carbocycles. The molecule has 0 radical (unpaired) electrons. The summed E-state index contributed by atoms with van der Waals surface area (Å²) >= 11 is 0. The second kappa shape index (κ2) is 11.2. The third kappa shape index (κ3) is 7.06. The molecule has 0 bridgehead atoms. The Morgan fingerprint density at radius 1 is 1.07 bits per heavy atom. The standard InChI is InChI=1S/C20H25F2N3O.HI/c1-3-23-19(24-13-12-15-8-7-11-17(21)18(15)22)25-14-20(2,26)16-9-5-4-6-10-16;/h4-11,26H,3,12-14H2,1-2H3,(H2,23,24,25);1H. The fourth-order valence-corrected chi connectivity index (χ4v) is 2.52. The number of guanidine groups is 1. The van der Waals surface area contributed by atoms with Crippen molar-refractivity contribution >= 4 is 29.9 Å². The lowest BCUT2D eigenvalue weighted by Gasteiger charge is -2.22. The van der Waals surface area contributed by atoms with Crippen LogP contribution in [0.5, 0.6) is 0 Å². The normalized spacial score (nSPS) is 13.4. The van der Waals surface area contributed by atoms with E-state index in [0.29, 0.717) is 31.0 Å². The highest BCUT2D eigenvalue weighted by atomic mass is 127. The van der Waals surface area contributed by atoms with Crippen molar-refractivity contribution in [2.24, 2.45) is 4.99 Å². The predicted molar refractivity (Wildman–Crippen MR) is 115 cm³/mol. The highest BCUT2D eigenvalue weighted by Gasteiger charge is 2.22. The third-order valence-corrected chi connectivity index (χ3v) is 4.00. The van der Waals surface area contributed by atoms with E-state index in [9.17, 15) is 13.9 Å². The van der Waals surface area contributed by atoms with Crippen LogP contribution in [0.25, 0.3) is 0 Å². The van der Waals surface area contributed by atoms with Gasteiger partial charge >= 0.3 is 0 Å². The van der Waals surface area contributed by atoms with Crippen molar-refractivity contribution in [3.05, 3.63) is 71.3 Å². The number of nitrogens with one attached hydrogen (secondary N) is 2. The Kier molecular flexibility index (Phi) is 9.65. The number of hydrogen-bond acceptors (Lipinski definition) is 2. The average Bonchev–Trinajstić information content (AvgIpc) is 2.64. The molecule has 0 amide bonds. The molecule has 1 unspecified atom stereocenters. The SMILES string of the molecule is CCNC(=NCC(C)(O)c1ccccc1)NCCc1cccc(F)c1F.I. The van der Waals surface area contributed by atoms with Gasteiger partial charge in [0.1, 0.15) is 5.60 Å². The lowest BCUT2D eigenvalue weighted by Crippen LogP contribution is -2.39. The van der Waals surface area contributed by atoms with Gasteiger partial charge in [0.2, 0.25) is 0 Å². The van der Waals surface area contributed by atoms with Gasteiger partial charge in [0.25, 0.3) is 0 Å². The molecule has 0 aromatic heterocycles. The van der Waals surface area contributed by atoms with Crippen molar-refractivity contribution in [3.8, 4) is 0 Å². The van der Waals surface area contributed by atoms with Gasteiger partial charge in [0.05, 0.1) is 6.54 Å². The molecule has 0 saturated heterocycles. The summed E-state index contributed by atoms with van der Waals surface area (Å²) in [5.41, 5.74) is -0.00999. The van der Waals surface area contributed by atoms with E-state index in [1.54, 1.807) is 13.0 Å². The van der Waals surface area contributed by atoms with E-state index in [4.69, 9.17) is 0 Å². The summed E-state index contributed by atoms with van der Waals surface area (Å²) in [6.07, 6.45) is 0.323. The molecular weight excluding hydrogens is 463 g/mol. The maximum atomic E-state index is 13.7. The quantitative estimate of drug-likeness (QED) is 0.317. The lowest BCUT2D eigenvalue weighted by molar-refractivity contribution is 0.0672. The molecule has 0 aliphatic carbocycles. The van der Waals surface area contributed by atoms with Crippen LogP contribution in [0.1, 0.15) is 25.0 Å². The van der Waals surface area contributed by atoms with Crippen LogP contribution in [0, 0.1) is 11.6 Å². The molecule has 3 N–H and O–H groups in total. The van der Waals surface area contributed by atoms with E-state index in [-0.39, 0.29) is 30.5 Å². The first kappa shape index (κ1) is 23.3. The Balaban J connectivity index is 0.00000364. The fraction of sp³-hybridized carbons (Fsp3) is 0.350. The minimum atomic E-state index is -1.10. The second-order valence-corrected chi connectivity index (χ2v) is 6.22. The smallest absolute Gasteiger partial charge is 0.191 e. The number of hydrogen-bond donors (Lipinski definition) is 3. The molecular formula is C20H26F2IN3O. The van der Waals surface area contributed by atoms with Crippen molar-refractivity contribution in [2.75, 3.05) is 19.6 Å². The zero-order valence-corrected chi connectivity index (χ0v) is 17.8. The van der Waals surface area contributed by atoms with Crippen molar-refractivity contribution in [3.63, 3.8) is 0 Å². The van der Waals surface area contributed by atoms with E-state index < -0.39 is 17.2 Å². The molecule has 0 aliphatic rings. The second-order valence-electron chi connectivity index (χ2n) is 6.22. The molecule has 2 rings (SSSR count). The first-order chi connectivity index (χ1) is 12.4. The summed E-state index contributed by atoms with van der Waals surface area (Å²) in [7, 11) is 0. The summed E-state index contributed by atoms with van der Waals surface area (Å²) in [4.78, 5) is 4.41. The van der Waals surface area contributed by atoms with Crippen LogP contribution in [0.15, 0.2) is 53.5 Å². The molecule has 1 atom stereocenters. The largest absolute Gasteiger partial charge is 0.384 e. The molecule has 148 valence electrons. The molecule has 2 aromatic rings. The Morgan fingerprint density at radius 3 is 2.44 bits per heavy atom. The summed E-state index contributed by atoms with van der Waals surface area (Å²) in [6, 6.07) is 13.5. The molecule has 0 fully saturated rings. The zero-order chi connectivity index (χ0) is 19.0. The summed E-state index contributed by atoms with van der Waals surface area (Å²) in [6.45, 7) is 4.84. The first-order valence-corrected chi connectivity index (χ1v) is 8.67. The van der Waals surface area contributed by atoms with Gasteiger partial charge in [0, 0.05) is 13.1 Å². The van der Waals surface area contributed by atoms with Crippen LogP contribution >= 0.6 is 24.0 Å². The predicted octanol–water partition coefficient (Wildman–Crippen LogP) is 3.59. The van der Waals surface area contributed by atoms with Gasteiger partial charge in [-0.25, -0.2) is 13.8 Å². The summed E-state index contributed by atoms with van der Waals surface area (Å²) < 4.78 is 26.9. The highest BCUT2D eigenvalue weighted by molar-refractivity contribution is 14.0. The molecule has 4 nitrogen and oxygen atoms in total. The minimum Gasteiger partial charge on any atom is -0.384 e. The monoisotopic (exact) mass is 489 g/mol.